The summed E-state index contributed by atoms with van der Waals surface area (Å²) in [5.41, 5.74) is 0. The molecule has 0 aliphatic carbocycles. The molecule has 0 aromatic rings. The molecule has 0 saturated heterocycles. The first kappa shape index (κ1) is 14.0. The average molecular weight is 216 g/mol. The van der Waals surface area contributed by atoms with E-state index in [0.29, 0.717) is 0 Å². The predicted octanol–water partition coefficient (Wildman–Crippen LogP) is 2.95. The zero-order chi connectivity index (χ0) is 12.2. The largest absolute Gasteiger partial charge is 0.295 e. The molecular weight excluding hydrogens is 200 g/mol. The molecule has 0 atom stereocenters. The van der Waals surface area contributed by atoms with Crippen molar-refractivity contribution in [2.24, 2.45) is 0 Å². The molecule has 0 aromatic carbocycles. The van der Waals surface area contributed by atoms with Gasteiger partial charge in [0.15, 0.2) is 11.6 Å². The van der Waals surface area contributed by atoms with Crippen molar-refractivity contribution in [3.8, 4) is 0 Å². The van der Waals surface area contributed by atoms with Crippen LogP contribution in [0, 0.1) is 0 Å². The van der Waals surface area contributed by atoms with E-state index in [2.05, 4.69) is 0 Å². The highest BCUT2D eigenvalue weighted by molar-refractivity contribution is 5.87. The van der Waals surface area contributed by atoms with Crippen LogP contribution in [0.5, 0.6) is 0 Å². The third-order valence-electron chi connectivity index (χ3n) is 1.44. The second kappa shape index (κ2) is 9.59. The fourth-order valence-corrected chi connectivity index (χ4v) is 0.767. The highest BCUT2D eigenvalue weighted by atomic mass is 16.1. The molecule has 0 aliphatic rings. The summed E-state index contributed by atoms with van der Waals surface area (Å²) < 4.78 is 0. The Morgan fingerprint density at radius 2 is 0.812 bits per heavy atom. The van der Waals surface area contributed by atoms with Gasteiger partial charge in [-0.2, -0.15) is 0 Å². The van der Waals surface area contributed by atoms with Gasteiger partial charge in [-0.15, -0.1) is 0 Å². The smallest absolute Gasteiger partial charge is 0.152 e. The number of ketones is 2. The summed E-state index contributed by atoms with van der Waals surface area (Å²) in [5.74, 6) is 0.0609. The minimum atomic E-state index is 0.0305. The van der Waals surface area contributed by atoms with Gasteiger partial charge in [0.25, 0.3) is 0 Å². The van der Waals surface area contributed by atoms with Gasteiger partial charge in [0.2, 0.25) is 0 Å². The number of carbonyl (C=O) groups is 2. The van der Waals surface area contributed by atoms with Gasteiger partial charge >= 0.3 is 0 Å². The quantitative estimate of drug-likeness (QED) is 0.505. The van der Waals surface area contributed by atoms with Gasteiger partial charge in [-0.1, -0.05) is 48.6 Å². The molecule has 0 fully saturated rings. The molecule has 0 bridgehead atoms. The molecule has 0 saturated carbocycles. The Morgan fingerprint density at radius 3 is 1.06 bits per heavy atom. The van der Waals surface area contributed by atoms with E-state index in [1.165, 1.54) is 26.0 Å². The monoisotopic (exact) mass is 216 g/mol. The summed E-state index contributed by atoms with van der Waals surface area (Å²) >= 11 is 0. The normalized spacial score (nSPS) is 12.9. The van der Waals surface area contributed by atoms with Crippen molar-refractivity contribution in [2.75, 3.05) is 0 Å². The number of allylic oxidation sites excluding steroid dienone is 10. The molecule has 0 spiro atoms. The summed E-state index contributed by atoms with van der Waals surface area (Å²) in [6.07, 6.45) is 17.2. The van der Waals surface area contributed by atoms with Crippen LogP contribution in [0.1, 0.15) is 13.8 Å². The lowest BCUT2D eigenvalue weighted by molar-refractivity contribution is -0.113. The molecule has 0 N–H and O–H groups in total. The third-order valence-corrected chi connectivity index (χ3v) is 1.44. The predicted molar refractivity (Wildman–Crippen MR) is 67.1 cm³/mol. The molecule has 84 valence electrons. The van der Waals surface area contributed by atoms with Crippen LogP contribution in [0.3, 0.4) is 0 Å². The Labute approximate surface area is 96.4 Å². The van der Waals surface area contributed by atoms with Crippen molar-refractivity contribution in [3.05, 3.63) is 60.8 Å². The molecule has 2 heteroatoms. The Morgan fingerprint density at radius 1 is 0.562 bits per heavy atom. The highest BCUT2D eigenvalue weighted by Gasteiger charge is 1.76. The highest BCUT2D eigenvalue weighted by Crippen LogP contribution is 1.84. The summed E-state index contributed by atoms with van der Waals surface area (Å²) in [6.45, 7) is 3.01. The third kappa shape index (κ3) is 12.0. The minimum absolute atomic E-state index is 0.0305. The van der Waals surface area contributed by atoms with Crippen molar-refractivity contribution in [3.63, 3.8) is 0 Å². The van der Waals surface area contributed by atoms with Crippen molar-refractivity contribution in [1.29, 1.82) is 0 Å². The molecule has 0 rings (SSSR count). The molecular formula is C14H16O2. The molecule has 0 amide bonds. The van der Waals surface area contributed by atoms with Crippen LogP contribution >= 0.6 is 0 Å². The van der Waals surface area contributed by atoms with E-state index >= 15 is 0 Å². The standard InChI is InChI=1S/C14H16O2/c1-13(15)11-9-7-5-3-4-6-8-10-12-14(2)16/h3-12H,1-2H3. The van der Waals surface area contributed by atoms with Gasteiger partial charge in [0.05, 0.1) is 0 Å². The molecule has 0 heterocycles. The summed E-state index contributed by atoms with van der Waals surface area (Å²) in [4.78, 5) is 21.0. The van der Waals surface area contributed by atoms with E-state index in [4.69, 9.17) is 0 Å². The van der Waals surface area contributed by atoms with E-state index in [0.717, 1.165) is 0 Å². The maximum atomic E-state index is 10.5. The number of carbonyl (C=O) groups excluding carboxylic acids is 2. The Balaban J connectivity index is 3.85. The van der Waals surface area contributed by atoms with Crippen LogP contribution in [0.4, 0.5) is 0 Å². The number of hydrogen-bond donors (Lipinski definition) is 0. The van der Waals surface area contributed by atoms with Crippen molar-refractivity contribution >= 4 is 11.6 Å². The summed E-state index contributed by atoms with van der Waals surface area (Å²) in [5, 5.41) is 0. The topological polar surface area (TPSA) is 34.1 Å². The van der Waals surface area contributed by atoms with Crippen molar-refractivity contribution in [2.45, 2.75) is 13.8 Å². The van der Waals surface area contributed by atoms with Crippen LogP contribution < -0.4 is 0 Å². The second-order valence-electron chi connectivity index (χ2n) is 3.09. The lowest BCUT2D eigenvalue weighted by atomic mass is 10.3. The SMILES string of the molecule is CC(=O)C=CC=CC=CC=CC=CC(C)=O. The van der Waals surface area contributed by atoms with E-state index in [9.17, 15) is 9.59 Å². The van der Waals surface area contributed by atoms with E-state index in [1.807, 2.05) is 24.3 Å². The lowest BCUT2D eigenvalue weighted by Crippen LogP contribution is -1.77. The number of hydrogen-bond acceptors (Lipinski definition) is 2. The van der Waals surface area contributed by atoms with E-state index in [-0.39, 0.29) is 11.6 Å². The van der Waals surface area contributed by atoms with Gasteiger partial charge in [-0.05, 0) is 26.0 Å². The second-order valence-corrected chi connectivity index (χ2v) is 3.09. The Bertz CT molecular complexity index is 330. The molecule has 0 unspecified atom stereocenters. The van der Waals surface area contributed by atoms with Gasteiger partial charge in [-0.3, -0.25) is 9.59 Å². The lowest BCUT2D eigenvalue weighted by Gasteiger charge is -1.76. The van der Waals surface area contributed by atoms with E-state index in [1.54, 1.807) is 24.3 Å². The van der Waals surface area contributed by atoms with Crippen LogP contribution in [0.15, 0.2) is 60.8 Å². The van der Waals surface area contributed by atoms with Gasteiger partial charge in [0, 0.05) is 0 Å². The summed E-state index contributed by atoms with van der Waals surface area (Å²) in [6, 6.07) is 0. The van der Waals surface area contributed by atoms with Crippen LogP contribution in [-0.2, 0) is 9.59 Å². The maximum Gasteiger partial charge on any atom is 0.152 e. The van der Waals surface area contributed by atoms with Crippen molar-refractivity contribution in [1.82, 2.24) is 0 Å². The molecule has 0 aliphatic heterocycles. The van der Waals surface area contributed by atoms with Crippen LogP contribution in [0.25, 0.3) is 0 Å². The molecule has 0 radical (unpaired) electrons. The fourth-order valence-electron chi connectivity index (χ4n) is 0.767. The van der Waals surface area contributed by atoms with Crippen LogP contribution in [-0.4, -0.2) is 11.6 Å². The van der Waals surface area contributed by atoms with Gasteiger partial charge < -0.3 is 0 Å². The number of rotatable bonds is 6. The maximum absolute atomic E-state index is 10.5. The fraction of sp³-hybridized carbons (Fsp3) is 0.143. The first-order valence-corrected chi connectivity index (χ1v) is 4.99. The molecule has 2 nitrogen and oxygen atoms in total. The Hall–Kier alpha value is -1.96. The Kier molecular flexibility index (Phi) is 8.41. The zero-order valence-electron chi connectivity index (χ0n) is 9.59. The van der Waals surface area contributed by atoms with E-state index < -0.39 is 0 Å². The average Bonchev–Trinajstić information content (AvgIpc) is 2.20. The summed E-state index contributed by atoms with van der Waals surface area (Å²) in [7, 11) is 0. The first-order chi connectivity index (χ1) is 7.63. The molecule has 0 aromatic heterocycles. The molecule has 16 heavy (non-hydrogen) atoms. The van der Waals surface area contributed by atoms with Crippen molar-refractivity contribution < 1.29 is 9.59 Å². The van der Waals surface area contributed by atoms with Gasteiger partial charge in [-0.25, -0.2) is 0 Å². The zero-order valence-corrected chi connectivity index (χ0v) is 9.59. The minimum Gasteiger partial charge on any atom is -0.295 e. The van der Waals surface area contributed by atoms with Gasteiger partial charge in [0.1, 0.15) is 0 Å². The van der Waals surface area contributed by atoms with Crippen LogP contribution in [0.2, 0.25) is 0 Å². The first-order valence-electron chi connectivity index (χ1n) is 4.99.